The topological polar surface area (TPSA) is 43.3 Å². The minimum atomic E-state index is 0.00706. The largest absolute Gasteiger partial charge is 0.475 e. The van der Waals surface area contributed by atoms with Crippen molar-refractivity contribution in [2.75, 3.05) is 39.6 Å². The van der Waals surface area contributed by atoms with Crippen molar-refractivity contribution in [1.82, 2.24) is 4.90 Å². The van der Waals surface area contributed by atoms with Gasteiger partial charge in [0.1, 0.15) is 19.4 Å². The summed E-state index contributed by atoms with van der Waals surface area (Å²) in [6.07, 6.45) is 5.90. The second kappa shape index (κ2) is 6.46. The Kier molecular flexibility index (Phi) is 3.98. The molecule has 1 unspecified atom stereocenters. The smallest absolute Gasteiger partial charge is 0.212 e. The van der Waals surface area contributed by atoms with Gasteiger partial charge < -0.3 is 19.1 Å². The van der Waals surface area contributed by atoms with E-state index in [-0.39, 0.29) is 6.10 Å². The van der Waals surface area contributed by atoms with Crippen LogP contribution in [0.15, 0.2) is 29.3 Å². The summed E-state index contributed by atoms with van der Waals surface area (Å²) < 4.78 is 17.0. The first-order valence-corrected chi connectivity index (χ1v) is 9.33. The normalized spacial score (nSPS) is 25.6. The molecule has 1 atom stereocenters. The van der Waals surface area contributed by atoms with Crippen molar-refractivity contribution < 1.29 is 14.2 Å². The zero-order valence-corrected chi connectivity index (χ0v) is 14.4. The number of nitrogens with zero attached hydrogens (tertiary/aromatic N) is 2. The molecule has 1 saturated carbocycles. The number of hydrogen-bond donors (Lipinski definition) is 0. The summed E-state index contributed by atoms with van der Waals surface area (Å²) in [6, 6.07) is 7.02. The minimum Gasteiger partial charge on any atom is -0.475 e. The van der Waals surface area contributed by atoms with Crippen LogP contribution in [0.25, 0.3) is 5.70 Å². The molecule has 5 heteroatoms. The molecule has 2 fully saturated rings. The Morgan fingerprint density at radius 1 is 1.24 bits per heavy atom. The van der Waals surface area contributed by atoms with Gasteiger partial charge in [0, 0.05) is 18.2 Å². The van der Waals surface area contributed by atoms with E-state index in [9.17, 15) is 0 Å². The van der Waals surface area contributed by atoms with Gasteiger partial charge in [-0.1, -0.05) is 18.2 Å². The van der Waals surface area contributed by atoms with Gasteiger partial charge in [-0.15, -0.1) is 0 Å². The average molecular weight is 340 g/mol. The third kappa shape index (κ3) is 3.18. The van der Waals surface area contributed by atoms with Crippen LogP contribution >= 0.6 is 0 Å². The van der Waals surface area contributed by atoms with Crippen molar-refractivity contribution in [2.24, 2.45) is 4.99 Å². The Bertz CT molecular complexity index is 718. The summed E-state index contributed by atoms with van der Waals surface area (Å²) in [6.45, 7) is 4.12. The van der Waals surface area contributed by atoms with Gasteiger partial charge in [-0.2, -0.15) is 0 Å². The zero-order valence-electron chi connectivity index (χ0n) is 14.4. The molecule has 5 nitrogen and oxygen atoms in total. The van der Waals surface area contributed by atoms with E-state index in [1.54, 1.807) is 0 Å². The van der Waals surface area contributed by atoms with E-state index in [0.29, 0.717) is 39.0 Å². The van der Waals surface area contributed by atoms with Gasteiger partial charge in [0.25, 0.3) is 0 Å². The molecule has 1 aliphatic carbocycles. The van der Waals surface area contributed by atoms with Gasteiger partial charge >= 0.3 is 0 Å². The van der Waals surface area contributed by atoms with E-state index in [2.05, 4.69) is 34.2 Å². The molecule has 1 saturated heterocycles. The summed E-state index contributed by atoms with van der Waals surface area (Å²) in [5.41, 5.74) is 5.57. The molecule has 0 radical (unpaired) electrons. The molecule has 5 rings (SSSR count). The van der Waals surface area contributed by atoms with E-state index < -0.39 is 0 Å². The van der Waals surface area contributed by atoms with Crippen molar-refractivity contribution in [3.63, 3.8) is 0 Å². The van der Waals surface area contributed by atoms with Crippen LogP contribution in [0.3, 0.4) is 0 Å². The van der Waals surface area contributed by atoms with Gasteiger partial charge in [0.2, 0.25) is 5.90 Å². The third-order valence-electron chi connectivity index (χ3n) is 5.41. The number of hydrogen-bond acceptors (Lipinski definition) is 5. The molecule has 1 aromatic carbocycles. The molecular formula is C20H24N2O3. The van der Waals surface area contributed by atoms with Crippen LogP contribution in [-0.2, 0) is 20.6 Å². The Morgan fingerprint density at radius 3 is 3.04 bits per heavy atom. The van der Waals surface area contributed by atoms with Crippen molar-refractivity contribution in [3.05, 3.63) is 41.0 Å². The monoisotopic (exact) mass is 340 g/mol. The number of ether oxygens (including phenoxy) is 3. The van der Waals surface area contributed by atoms with Crippen molar-refractivity contribution in [1.29, 1.82) is 0 Å². The van der Waals surface area contributed by atoms with Crippen LogP contribution in [0, 0.1) is 0 Å². The second-order valence-electron chi connectivity index (χ2n) is 7.25. The van der Waals surface area contributed by atoms with Crippen molar-refractivity contribution >= 4 is 11.6 Å². The van der Waals surface area contributed by atoms with Crippen LogP contribution in [0.5, 0.6) is 0 Å². The minimum absolute atomic E-state index is 0.00706. The first kappa shape index (κ1) is 15.4. The predicted octanol–water partition coefficient (Wildman–Crippen LogP) is 2.56. The molecule has 0 aromatic heterocycles. The van der Waals surface area contributed by atoms with Crippen LogP contribution < -0.4 is 0 Å². The molecular weight excluding hydrogens is 316 g/mol. The highest BCUT2D eigenvalue weighted by Crippen LogP contribution is 2.42. The van der Waals surface area contributed by atoms with Crippen molar-refractivity contribution in [3.8, 4) is 0 Å². The summed E-state index contributed by atoms with van der Waals surface area (Å²) in [7, 11) is 0. The fraction of sp³-hybridized carbons (Fsp3) is 0.550. The molecule has 0 amide bonds. The quantitative estimate of drug-likeness (QED) is 0.848. The summed E-state index contributed by atoms with van der Waals surface area (Å²) in [5, 5.41) is 0. The highest BCUT2D eigenvalue weighted by Gasteiger charge is 2.28. The highest BCUT2D eigenvalue weighted by atomic mass is 16.6. The van der Waals surface area contributed by atoms with E-state index in [1.165, 1.54) is 35.2 Å². The van der Waals surface area contributed by atoms with Gasteiger partial charge in [-0.25, -0.2) is 4.99 Å². The SMILES string of the molecule is C1=C2c3ccc(C4CC4)cc3CCN2CN=C1OCC1COCCO1. The van der Waals surface area contributed by atoms with Crippen LogP contribution in [0.1, 0.15) is 35.4 Å². The van der Waals surface area contributed by atoms with Gasteiger partial charge in [0.15, 0.2) is 0 Å². The molecule has 0 N–H and O–H groups in total. The molecule has 4 aliphatic rings. The molecule has 0 bridgehead atoms. The lowest BCUT2D eigenvalue weighted by atomic mass is 9.93. The summed E-state index contributed by atoms with van der Waals surface area (Å²) in [4.78, 5) is 6.91. The van der Waals surface area contributed by atoms with Crippen LogP contribution in [-0.4, -0.2) is 56.5 Å². The molecule has 0 spiro atoms. The highest BCUT2D eigenvalue weighted by molar-refractivity contribution is 5.96. The zero-order chi connectivity index (χ0) is 16.6. The van der Waals surface area contributed by atoms with E-state index >= 15 is 0 Å². The fourth-order valence-electron chi connectivity index (χ4n) is 3.82. The van der Waals surface area contributed by atoms with E-state index in [1.807, 2.05) is 0 Å². The van der Waals surface area contributed by atoms with Gasteiger partial charge in [-0.3, -0.25) is 0 Å². The Labute approximate surface area is 148 Å². The third-order valence-corrected chi connectivity index (χ3v) is 5.41. The van der Waals surface area contributed by atoms with Crippen LogP contribution in [0.2, 0.25) is 0 Å². The molecule has 132 valence electrons. The fourth-order valence-corrected chi connectivity index (χ4v) is 3.82. The van der Waals surface area contributed by atoms with Gasteiger partial charge in [0.05, 0.1) is 25.5 Å². The van der Waals surface area contributed by atoms with E-state index in [4.69, 9.17) is 14.2 Å². The van der Waals surface area contributed by atoms with Crippen molar-refractivity contribution in [2.45, 2.75) is 31.3 Å². The predicted molar refractivity (Wildman–Crippen MR) is 95.6 cm³/mol. The lowest BCUT2D eigenvalue weighted by Crippen LogP contribution is -2.35. The number of aliphatic imine (C=N–C) groups is 1. The molecule has 25 heavy (non-hydrogen) atoms. The summed E-state index contributed by atoms with van der Waals surface area (Å²) >= 11 is 0. The first-order valence-electron chi connectivity index (χ1n) is 9.33. The number of benzene rings is 1. The number of fused-ring (bicyclic) bond motifs is 3. The average Bonchev–Trinajstić information content (AvgIpc) is 3.52. The second-order valence-corrected chi connectivity index (χ2v) is 7.25. The maximum atomic E-state index is 5.90. The number of rotatable bonds is 3. The van der Waals surface area contributed by atoms with E-state index in [0.717, 1.165) is 18.9 Å². The van der Waals surface area contributed by atoms with Crippen LogP contribution in [0.4, 0.5) is 0 Å². The Balaban J connectivity index is 1.33. The standard InChI is InChI=1S/C20H24N2O3/c1-2-14(1)15-3-4-18-16(9-15)5-6-22-13-21-20(10-19(18)22)25-12-17-11-23-7-8-24-17/h3-4,9-10,14,17H,1-2,5-8,11-13H2. The lowest BCUT2D eigenvalue weighted by Gasteiger charge is -2.34. The Morgan fingerprint density at radius 2 is 2.20 bits per heavy atom. The molecule has 3 aliphatic heterocycles. The molecule has 3 heterocycles. The molecule has 1 aromatic rings. The maximum absolute atomic E-state index is 5.90. The lowest BCUT2D eigenvalue weighted by molar-refractivity contribution is -0.103. The maximum Gasteiger partial charge on any atom is 0.212 e. The van der Waals surface area contributed by atoms with Gasteiger partial charge in [-0.05, 0) is 36.3 Å². The Hall–Kier alpha value is -1.85. The first-order chi connectivity index (χ1) is 12.4. The summed E-state index contributed by atoms with van der Waals surface area (Å²) in [5.74, 6) is 1.52.